The molecule has 1 aliphatic rings. The average Bonchev–Trinajstić information content (AvgIpc) is 2.12. The summed E-state index contributed by atoms with van der Waals surface area (Å²) in [6.45, 7) is 7.89. The van der Waals surface area contributed by atoms with Gasteiger partial charge in [-0.05, 0) is 24.8 Å². The Morgan fingerprint density at radius 2 is 2.29 bits per heavy atom. The maximum Gasteiger partial charge on any atom is 0.118 e. The highest BCUT2D eigenvalue weighted by atomic mass is 32.2. The number of hydrogen-bond donors (Lipinski definition) is 0. The molecule has 4 heteroatoms. The van der Waals surface area contributed by atoms with Gasteiger partial charge in [0.25, 0.3) is 0 Å². The van der Waals surface area contributed by atoms with E-state index in [9.17, 15) is 0 Å². The minimum Gasteiger partial charge on any atom is -0.344 e. The molecular weight excluding hydrogens is 194 g/mol. The van der Waals surface area contributed by atoms with Crippen LogP contribution in [0.3, 0.4) is 0 Å². The third-order valence-corrected chi connectivity index (χ3v) is 2.66. The molecule has 0 saturated carbocycles. The van der Waals surface area contributed by atoms with Gasteiger partial charge in [0.15, 0.2) is 0 Å². The largest absolute Gasteiger partial charge is 0.344 e. The van der Waals surface area contributed by atoms with Crippen LogP contribution in [0.5, 0.6) is 0 Å². The fourth-order valence-corrected chi connectivity index (χ4v) is 1.48. The van der Waals surface area contributed by atoms with Gasteiger partial charge < -0.3 is 4.90 Å². The Balaban J connectivity index is 2.87. The molecule has 0 aliphatic carbocycles. The Hall–Kier alpha value is -1.03. The summed E-state index contributed by atoms with van der Waals surface area (Å²) in [5, 5.41) is 0.799. The number of aliphatic imine (C=N–C) groups is 2. The Bertz CT molecular complexity index is 304. The second-order valence-electron chi connectivity index (χ2n) is 3.11. The molecule has 1 rings (SSSR count). The minimum absolute atomic E-state index is 0.110. The number of nitrogens with zero attached hydrogens (tertiary/aromatic N) is 3. The van der Waals surface area contributed by atoms with Crippen molar-refractivity contribution in [2.75, 3.05) is 7.05 Å². The van der Waals surface area contributed by atoms with Gasteiger partial charge in [0.1, 0.15) is 6.17 Å². The molecule has 3 nitrogen and oxygen atoms in total. The lowest BCUT2D eigenvalue weighted by molar-refractivity contribution is 0.416. The molecule has 0 spiro atoms. The Kier molecular flexibility index (Phi) is 3.95. The van der Waals surface area contributed by atoms with Crippen molar-refractivity contribution in [3.05, 3.63) is 22.6 Å². The van der Waals surface area contributed by atoms with Crippen molar-refractivity contribution in [3.63, 3.8) is 0 Å². The van der Waals surface area contributed by atoms with Crippen LogP contribution in [0.4, 0.5) is 0 Å². The summed E-state index contributed by atoms with van der Waals surface area (Å²) in [6.07, 6.45) is 5.67. The van der Waals surface area contributed by atoms with Gasteiger partial charge in [-0.1, -0.05) is 18.3 Å². The Labute approximate surface area is 89.3 Å². The summed E-state index contributed by atoms with van der Waals surface area (Å²) in [7, 11) is 1.95. The van der Waals surface area contributed by atoms with Gasteiger partial charge in [-0.25, -0.2) is 4.99 Å². The second kappa shape index (κ2) is 5.00. The molecule has 1 unspecified atom stereocenters. The molecular formula is C10H15N3S. The minimum atomic E-state index is 0.110. The van der Waals surface area contributed by atoms with Crippen LogP contribution in [0.15, 0.2) is 32.6 Å². The van der Waals surface area contributed by atoms with Crippen molar-refractivity contribution < 1.29 is 0 Å². The first kappa shape index (κ1) is 11.0. The molecule has 0 aromatic heterocycles. The van der Waals surface area contributed by atoms with E-state index >= 15 is 0 Å². The van der Waals surface area contributed by atoms with Gasteiger partial charge in [-0.15, -0.1) is 0 Å². The van der Waals surface area contributed by atoms with Crippen LogP contribution in [0, 0.1) is 0 Å². The second-order valence-corrected chi connectivity index (χ2v) is 4.43. The molecule has 1 atom stereocenters. The summed E-state index contributed by atoms with van der Waals surface area (Å²) < 4.78 is 0. The molecule has 0 bridgehead atoms. The van der Waals surface area contributed by atoms with E-state index in [1.54, 1.807) is 18.1 Å². The van der Waals surface area contributed by atoms with Crippen LogP contribution in [0.1, 0.15) is 13.8 Å². The maximum atomic E-state index is 4.33. The first-order valence-electron chi connectivity index (χ1n) is 4.42. The lowest BCUT2D eigenvalue weighted by Gasteiger charge is -2.18. The Morgan fingerprint density at radius 1 is 1.57 bits per heavy atom. The highest BCUT2D eigenvalue weighted by molar-refractivity contribution is 8.06. The fraction of sp³-hybridized carbons (Fsp3) is 0.400. The van der Waals surface area contributed by atoms with Crippen LogP contribution in [-0.2, 0) is 0 Å². The van der Waals surface area contributed by atoms with Gasteiger partial charge in [0.05, 0.1) is 11.4 Å². The van der Waals surface area contributed by atoms with Gasteiger partial charge in [0, 0.05) is 13.3 Å². The van der Waals surface area contributed by atoms with Crippen LogP contribution in [0.25, 0.3) is 0 Å². The topological polar surface area (TPSA) is 28.0 Å². The molecule has 0 N–H and O–H groups in total. The quantitative estimate of drug-likeness (QED) is 0.613. The summed E-state index contributed by atoms with van der Waals surface area (Å²) >= 11 is 1.55. The smallest absolute Gasteiger partial charge is 0.118 e. The van der Waals surface area contributed by atoms with Gasteiger partial charge in [-0.3, -0.25) is 4.99 Å². The molecule has 0 saturated heterocycles. The van der Waals surface area contributed by atoms with E-state index in [4.69, 9.17) is 0 Å². The normalized spacial score (nSPS) is 31.9. The van der Waals surface area contributed by atoms with E-state index in [1.807, 2.05) is 38.1 Å². The predicted octanol–water partition coefficient (Wildman–Crippen LogP) is 2.49. The average molecular weight is 209 g/mol. The van der Waals surface area contributed by atoms with Crippen molar-refractivity contribution in [1.29, 1.82) is 0 Å². The standard InChI is InChI=1S/C10H15N3S/c1-8-5-6-11-9(2)13(4)7-12-10(3)14-8/h5-7,9H,3H2,1-2,4H3/b8-5+,11-6-,12-7-. The van der Waals surface area contributed by atoms with Crippen molar-refractivity contribution >= 4 is 24.3 Å². The third kappa shape index (κ3) is 3.38. The number of rotatable bonds is 0. The molecule has 0 radical (unpaired) electrons. The van der Waals surface area contributed by atoms with Crippen LogP contribution in [0.2, 0.25) is 0 Å². The summed E-state index contributed by atoms with van der Waals surface area (Å²) in [5.74, 6) is 0. The zero-order chi connectivity index (χ0) is 10.6. The zero-order valence-corrected chi connectivity index (χ0v) is 9.58. The molecule has 14 heavy (non-hydrogen) atoms. The maximum absolute atomic E-state index is 4.33. The monoisotopic (exact) mass is 209 g/mol. The zero-order valence-electron chi connectivity index (χ0n) is 8.77. The molecule has 0 aromatic carbocycles. The predicted molar refractivity (Wildman–Crippen MR) is 64.7 cm³/mol. The van der Waals surface area contributed by atoms with E-state index in [1.165, 1.54) is 0 Å². The molecule has 1 heterocycles. The highest BCUT2D eigenvalue weighted by Crippen LogP contribution is 2.23. The van der Waals surface area contributed by atoms with Crippen molar-refractivity contribution in [1.82, 2.24) is 4.90 Å². The molecule has 1 aliphatic heterocycles. The van der Waals surface area contributed by atoms with E-state index in [0.717, 1.165) is 9.93 Å². The van der Waals surface area contributed by atoms with Crippen molar-refractivity contribution in [2.24, 2.45) is 9.98 Å². The van der Waals surface area contributed by atoms with E-state index in [-0.39, 0.29) is 6.17 Å². The molecule has 0 amide bonds. The van der Waals surface area contributed by atoms with Crippen molar-refractivity contribution in [2.45, 2.75) is 20.0 Å². The summed E-state index contributed by atoms with van der Waals surface area (Å²) in [6, 6.07) is 0. The Morgan fingerprint density at radius 3 is 3.00 bits per heavy atom. The lowest BCUT2D eigenvalue weighted by atomic mass is 10.5. The summed E-state index contributed by atoms with van der Waals surface area (Å²) in [4.78, 5) is 11.6. The first-order chi connectivity index (χ1) is 6.59. The molecule has 0 fully saturated rings. The van der Waals surface area contributed by atoms with Crippen LogP contribution < -0.4 is 0 Å². The number of thioether (sulfide) groups is 1. The van der Waals surface area contributed by atoms with Crippen LogP contribution >= 0.6 is 11.8 Å². The SMILES string of the molecule is C=C1/N=C\N(C)C(C)/N=C\C=C(/C)S1. The third-order valence-electron chi connectivity index (χ3n) is 1.86. The fourth-order valence-electron chi connectivity index (χ4n) is 0.876. The lowest BCUT2D eigenvalue weighted by Crippen LogP contribution is -2.25. The number of allylic oxidation sites excluding steroid dienone is 2. The van der Waals surface area contributed by atoms with E-state index < -0.39 is 0 Å². The highest BCUT2D eigenvalue weighted by Gasteiger charge is 2.03. The first-order valence-corrected chi connectivity index (χ1v) is 5.24. The van der Waals surface area contributed by atoms with E-state index in [2.05, 4.69) is 16.6 Å². The van der Waals surface area contributed by atoms with Gasteiger partial charge >= 0.3 is 0 Å². The van der Waals surface area contributed by atoms with E-state index in [0.29, 0.717) is 0 Å². The van der Waals surface area contributed by atoms with Gasteiger partial charge in [0.2, 0.25) is 0 Å². The van der Waals surface area contributed by atoms with Crippen LogP contribution in [-0.4, -0.2) is 30.7 Å². The van der Waals surface area contributed by atoms with Gasteiger partial charge in [-0.2, -0.15) is 0 Å². The van der Waals surface area contributed by atoms with Crippen molar-refractivity contribution in [3.8, 4) is 0 Å². The number of hydrogen-bond acceptors (Lipinski definition) is 4. The molecule has 76 valence electrons. The molecule has 0 aromatic rings. The summed E-state index contributed by atoms with van der Waals surface area (Å²) in [5.41, 5.74) is 0.